The Morgan fingerprint density at radius 1 is 1.37 bits per heavy atom. The monoisotopic (exact) mass is 335 g/mol. The Labute approximate surface area is 119 Å². The summed E-state index contributed by atoms with van der Waals surface area (Å²) in [6.07, 6.45) is 0.0977. The average molecular weight is 336 g/mol. The van der Waals surface area contributed by atoms with Crippen LogP contribution in [0.25, 0.3) is 0 Å². The minimum atomic E-state index is -0.712. The minimum Gasteiger partial charge on any atom is -0.460 e. The number of benzene rings is 1. The van der Waals surface area contributed by atoms with Crippen molar-refractivity contribution in [3.8, 4) is 0 Å². The first-order chi connectivity index (χ1) is 8.69. The summed E-state index contributed by atoms with van der Waals surface area (Å²) in [5.74, 6) is -1.75. The summed E-state index contributed by atoms with van der Waals surface area (Å²) in [6, 6.07) is 1.93. The van der Waals surface area contributed by atoms with E-state index in [0.717, 1.165) is 12.1 Å². The fourth-order valence-corrected chi connectivity index (χ4v) is 1.94. The molecule has 19 heavy (non-hydrogen) atoms. The van der Waals surface area contributed by atoms with Crippen LogP contribution in [0.4, 0.5) is 14.5 Å². The van der Waals surface area contributed by atoms with Gasteiger partial charge in [-0.3, -0.25) is 4.79 Å². The molecule has 0 bridgehead atoms. The standard InChI is InChI=1S/C13H16BrF2NO2/c1-13(2,3)19-11(18)4-5-17-12-9(14)6-8(15)7-10(12)16/h6-7,17H,4-5H2,1-3H3. The summed E-state index contributed by atoms with van der Waals surface area (Å²) >= 11 is 3.06. The number of ether oxygens (including phenoxy) is 1. The fourth-order valence-electron chi connectivity index (χ4n) is 1.39. The molecule has 0 amide bonds. The summed E-state index contributed by atoms with van der Waals surface area (Å²) in [5, 5.41) is 2.74. The molecule has 1 N–H and O–H groups in total. The van der Waals surface area contributed by atoms with Crippen molar-refractivity contribution < 1.29 is 18.3 Å². The van der Waals surface area contributed by atoms with Crippen LogP contribution in [0.15, 0.2) is 16.6 Å². The number of rotatable bonds is 4. The smallest absolute Gasteiger partial charge is 0.308 e. The molecule has 106 valence electrons. The van der Waals surface area contributed by atoms with E-state index in [1.54, 1.807) is 20.8 Å². The molecular formula is C13H16BrF2NO2. The quantitative estimate of drug-likeness (QED) is 0.849. The third-order valence-corrected chi connectivity index (χ3v) is 2.68. The van der Waals surface area contributed by atoms with E-state index in [1.165, 1.54) is 0 Å². The normalized spacial score (nSPS) is 11.3. The highest BCUT2D eigenvalue weighted by Crippen LogP contribution is 2.26. The van der Waals surface area contributed by atoms with Crippen LogP contribution in [0.2, 0.25) is 0 Å². The largest absolute Gasteiger partial charge is 0.460 e. The van der Waals surface area contributed by atoms with Gasteiger partial charge in [-0.05, 0) is 42.8 Å². The Morgan fingerprint density at radius 2 is 2.00 bits per heavy atom. The van der Waals surface area contributed by atoms with Crippen LogP contribution in [-0.4, -0.2) is 18.1 Å². The van der Waals surface area contributed by atoms with Crippen molar-refractivity contribution in [1.29, 1.82) is 0 Å². The Balaban J connectivity index is 2.52. The Kier molecular flexibility index (Phi) is 5.29. The highest BCUT2D eigenvalue weighted by Gasteiger charge is 2.16. The number of hydrogen-bond donors (Lipinski definition) is 1. The van der Waals surface area contributed by atoms with E-state index >= 15 is 0 Å². The van der Waals surface area contributed by atoms with Gasteiger partial charge in [-0.1, -0.05) is 0 Å². The molecule has 0 radical (unpaired) electrons. The van der Waals surface area contributed by atoms with Gasteiger partial charge in [0.15, 0.2) is 0 Å². The number of anilines is 1. The molecule has 1 aromatic carbocycles. The second-order valence-corrected chi connectivity index (χ2v) is 5.86. The maximum absolute atomic E-state index is 13.5. The Hall–Kier alpha value is -1.17. The Bertz CT molecular complexity index is 449. The van der Waals surface area contributed by atoms with Crippen LogP contribution < -0.4 is 5.32 Å². The summed E-state index contributed by atoms with van der Waals surface area (Å²) in [4.78, 5) is 11.4. The number of halogens is 3. The lowest BCUT2D eigenvalue weighted by molar-refractivity contribution is -0.154. The molecule has 3 nitrogen and oxygen atoms in total. The second-order valence-electron chi connectivity index (χ2n) is 5.01. The van der Waals surface area contributed by atoms with E-state index in [1.807, 2.05) is 0 Å². The van der Waals surface area contributed by atoms with Crippen LogP contribution in [-0.2, 0) is 9.53 Å². The van der Waals surface area contributed by atoms with Gasteiger partial charge in [0.25, 0.3) is 0 Å². The molecule has 0 spiro atoms. The van der Waals surface area contributed by atoms with Crippen molar-refractivity contribution in [3.05, 3.63) is 28.2 Å². The lowest BCUT2D eigenvalue weighted by Gasteiger charge is -2.19. The van der Waals surface area contributed by atoms with E-state index in [9.17, 15) is 13.6 Å². The topological polar surface area (TPSA) is 38.3 Å². The van der Waals surface area contributed by atoms with Crippen LogP contribution in [0.1, 0.15) is 27.2 Å². The van der Waals surface area contributed by atoms with Crippen molar-refractivity contribution in [2.75, 3.05) is 11.9 Å². The summed E-state index contributed by atoms with van der Waals surface area (Å²) < 4.78 is 31.7. The summed E-state index contributed by atoms with van der Waals surface area (Å²) in [6.45, 7) is 5.52. The van der Waals surface area contributed by atoms with Crippen LogP contribution in [0, 0.1) is 11.6 Å². The van der Waals surface area contributed by atoms with Gasteiger partial charge in [-0.15, -0.1) is 0 Å². The van der Waals surface area contributed by atoms with Gasteiger partial charge < -0.3 is 10.1 Å². The van der Waals surface area contributed by atoms with Gasteiger partial charge in [0.05, 0.1) is 12.1 Å². The molecule has 0 saturated carbocycles. The molecule has 0 atom stereocenters. The first-order valence-electron chi connectivity index (χ1n) is 5.79. The molecule has 0 aliphatic rings. The third-order valence-electron chi connectivity index (χ3n) is 2.06. The summed E-state index contributed by atoms with van der Waals surface area (Å²) in [5.41, 5.74) is -0.413. The number of carbonyl (C=O) groups is 1. The molecule has 6 heteroatoms. The zero-order chi connectivity index (χ0) is 14.6. The molecule has 0 heterocycles. The van der Waals surface area contributed by atoms with Gasteiger partial charge >= 0.3 is 5.97 Å². The van der Waals surface area contributed by atoms with E-state index in [-0.39, 0.29) is 29.1 Å². The van der Waals surface area contributed by atoms with E-state index < -0.39 is 17.2 Å². The SMILES string of the molecule is CC(C)(C)OC(=O)CCNc1c(F)cc(F)cc1Br. The Morgan fingerprint density at radius 3 is 2.53 bits per heavy atom. The first kappa shape index (κ1) is 15.9. The molecule has 0 aromatic heterocycles. The van der Waals surface area contributed by atoms with Crippen LogP contribution >= 0.6 is 15.9 Å². The molecule has 1 aromatic rings. The van der Waals surface area contributed by atoms with Crippen molar-refractivity contribution in [3.63, 3.8) is 0 Å². The maximum Gasteiger partial charge on any atom is 0.308 e. The number of carbonyl (C=O) groups excluding carboxylic acids is 1. The van der Waals surface area contributed by atoms with Crippen molar-refractivity contribution in [2.24, 2.45) is 0 Å². The van der Waals surface area contributed by atoms with Gasteiger partial charge in [0.2, 0.25) is 0 Å². The average Bonchev–Trinajstić information content (AvgIpc) is 2.19. The highest BCUT2D eigenvalue weighted by molar-refractivity contribution is 9.10. The van der Waals surface area contributed by atoms with Gasteiger partial charge in [0, 0.05) is 17.1 Å². The molecule has 0 aliphatic carbocycles. The first-order valence-corrected chi connectivity index (χ1v) is 6.58. The minimum absolute atomic E-state index is 0.0977. The second kappa shape index (κ2) is 6.32. The zero-order valence-electron chi connectivity index (χ0n) is 11.0. The molecule has 1 rings (SSSR count). The van der Waals surface area contributed by atoms with Gasteiger partial charge in [-0.2, -0.15) is 0 Å². The molecule has 0 fully saturated rings. The van der Waals surface area contributed by atoms with Gasteiger partial charge in [-0.25, -0.2) is 8.78 Å². The van der Waals surface area contributed by atoms with Crippen LogP contribution in [0.5, 0.6) is 0 Å². The lowest BCUT2D eigenvalue weighted by Crippen LogP contribution is -2.25. The number of hydrogen-bond acceptors (Lipinski definition) is 3. The zero-order valence-corrected chi connectivity index (χ0v) is 12.6. The fraction of sp³-hybridized carbons (Fsp3) is 0.462. The number of nitrogens with one attached hydrogen (secondary N) is 1. The summed E-state index contributed by atoms with van der Waals surface area (Å²) in [7, 11) is 0. The maximum atomic E-state index is 13.5. The van der Waals surface area contributed by atoms with Crippen molar-refractivity contribution in [1.82, 2.24) is 0 Å². The molecule has 0 unspecified atom stereocenters. The molecule has 0 saturated heterocycles. The van der Waals surface area contributed by atoms with Crippen molar-refractivity contribution in [2.45, 2.75) is 32.8 Å². The number of esters is 1. The molecular weight excluding hydrogens is 320 g/mol. The van der Waals surface area contributed by atoms with Crippen molar-refractivity contribution >= 4 is 27.6 Å². The lowest BCUT2D eigenvalue weighted by atomic mass is 10.2. The van der Waals surface area contributed by atoms with E-state index in [0.29, 0.717) is 0 Å². The predicted molar refractivity (Wildman–Crippen MR) is 73.0 cm³/mol. The van der Waals surface area contributed by atoms with Crippen LogP contribution in [0.3, 0.4) is 0 Å². The predicted octanol–water partition coefficient (Wildman–Crippen LogP) is 3.87. The van der Waals surface area contributed by atoms with E-state index in [4.69, 9.17) is 4.74 Å². The highest BCUT2D eigenvalue weighted by atomic mass is 79.9. The van der Waals surface area contributed by atoms with E-state index in [2.05, 4.69) is 21.2 Å². The van der Waals surface area contributed by atoms with Gasteiger partial charge in [0.1, 0.15) is 17.2 Å². The molecule has 0 aliphatic heterocycles. The third kappa shape index (κ3) is 5.55.